The molecule has 19 heavy (non-hydrogen) atoms. The fourth-order valence-corrected chi connectivity index (χ4v) is 2.35. The minimum Gasteiger partial charge on any atom is -0.504 e. The van der Waals surface area contributed by atoms with Crippen molar-refractivity contribution in [1.82, 2.24) is 9.97 Å². The molecule has 0 atom stereocenters. The summed E-state index contributed by atoms with van der Waals surface area (Å²) in [5.74, 6) is 0.840. The van der Waals surface area contributed by atoms with Gasteiger partial charge in [0.2, 0.25) is 0 Å². The summed E-state index contributed by atoms with van der Waals surface area (Å²) in [4.78, 5) is 18.9. The maximum absolute atomic E-state index is 11.8. The standard InChI is InChI=1S/C13H13IN2O3/c1-3-8-11(14)13(18)16-12(15-8)7-4-5-10(19-2)9(17)6-7/h4-6,17H,3H2,1-2H3,(H,15,16,18). The third-order valence-electron chi connectivity index (χ3n) is 2.72. The average molecular weight is 372 g/mol. The normalized spacial score (nSPS) is 10.5. The number of nitrogens with zero attached hydrogens (tertiary/aromatic N) is 1. The molecule has 1 aromatic carbocycles. The highest BCUT2D eigenvalue weighted by molar-refractivity contribution is 14.1. The van der Waals surface area contributed by atoms with Crippen LogP contribution in [-0.4, -0.2) is 22.2 Å². The van der Waals surface area contributed by atoms with Gasteiger partial charge < -0.3 is 14.8 Å². The first-order valence-electron chi connectivity index (χ1n) is 5.72. The maximum atomic E-state index is 11.8. The summed E-state index contributed by atoms with van der Waals surface area (Å²) in [6.45, 7) is 1.94. The summed E-state index contributed by atoms with van der Waals surface area (Å²) >= 11 is 1.98. The number of phenols is 1. The first-order valence-corrected chi connectivity index (χ1v) is 6.80. The van der Waals surface area contributed by atoms with Crippen LogP contribution in [0.4, 0.5) is 0 Å². The summed E-state index contributed by atoms with van der Waals surface area (Å²) in [5.41, 5.74) is 1.22. The third kappa shape index (κ3) is 2.73. The molecule has 2 rings (SSSR count). The highest BCUT2D eigenvalue weighted by Gasteiger charge is 2.10. The molecule has 0 radical (unpaired) electrons. The van der Waals surface area contributed by atoms with E-state index in [0.717, 1.165) is 5.69 Å². The molecule has 0 saturated carbocycles. The maximum Gasteiger partial charge on any atom is 0.264 e. The molecule has 1 heterocycles. The SMILES string of the molecule is CCc1nc(-c2ccc(OC)c(O)c2)[nH]c(=O)c1I. The van der Waals surface area contributed by atoms with Crippen LogP contribution in [0.5, 0.6) is 11.5 Å². The Labute approximate surface area is 123 Å². The number of nitrogens with one attached hydrogen (secondary N) is 1. The molecule has 0 saturated heterocycles. The molecule has 0 aliphatic carbocycles. The quantitative estimate of drug-likeness (QED) is 0.811. The molecule has 0 unspecified atom stereocenters. The Bertz CT molecular complexity index is 667. The second kappa shape index (κ2) is 5.60. The molecular weight excluding hydrogens is 359 g/mol. The zero-order valence-electron chi connectivity index (χ0n) is 10.5. The Kier molecular flexibility index (Phi) is 4.08. The molecule has 0 amide bonds. The molecule has 1 aromatic heterocycles. The van der Waals surface area contributed by atoms with Gasteiger partial charge in [0.25, 0.3) is 5.56 Å². The van der Waals surface area contributed by atoms with Crippen molar-refractivity contribution in [3.8, 4) is 22.9 Å². The van der Waals surface area contributed by atoms with Crippen LogP contribution in [0.25, 0.3) is 11.4 Å². The van der Waals surface area contributed by atoms with E-state index in [0.29, 0.717) is 27.1 Å². The topological polar surface area (TPSA) is 75.2 Å². The molecule has 0 aliphatic rings. The van der Waals surface area contributed by atoms with Crippen molar-refractivity contribution < 1.29 is 9.84 Å². The Morgan fingerprint density at radius 2 is 2.21 bits per heavy atom. The average Bonchev–Trinajstić information content (AvgIpc) is 2.41. The summed E-state index contributed by atoms with van der Waals surface area (Å²) in [6, 6.07) is 4.89. The molecular formula is C13H13IN2O3. The zero-order valence-corrected chi connectivity index (χ0v) is 12.7. The van der Waals surface area contributed by atoms with Crippen molar-refractivity contribution in [2.75, 3.05) is 7.11 Å². The molecule has 6 heteroatoms. The van der Waals surface area contributed by atoms with Crippen molar-refractivity contribution >= 4 is 22.6 Å². The van der Waals surface area contributed by atoms with Gasteiger partial charge in [-0.3, -0.25) is 4.79 Å². The first kappa shape index (κ1) is 13.9. The van der Waals surface area contributed by atoms with E-state index in [2.05, 4.69) is 9.97 Å². The van der Waals surface area contributed by atoms with Crippen LogP contribution < -0.4 is 10.3 Å². The fourth-order valence-electron chi connectivity index (χ4n) is 1.71. The molecule has 100 valence electrons. The van der Waals surface area contributed by atoms with Gasteiger partial charge in [-0.2, -0.15) is 0 Å². The number of ether oxygens (including phenoxy) is 1. The Hall–Kier alpha value is -1.57. The number of H-pyrrole nitrogens is 1. The summed E-state index contributed by atoms with van der Waals surface area (Å²) in [7, 11) is 1.48. The van der Waals surface area contributed by atoms with Gasteiger partial charge in [0, 0.05) is 5.56 Å². The largest absolute Gasteiger partial charge is 0.504 e. The number of aryl methyl sites for hydroxylation is 1. The van der Waals surface area contributed by atoms with Gasteiger partial charge in [-0.05, 0) is 47.2 Å². The number of methoxy groups -OCH3 is 1. The Morgan fingerprint density at radius 1 is 1.47 bits per heavy atom. The minimum atomic E-state index is -0.169. The van der Waals surface area contributed by atoms with Gasteiger partial charge in [0.05, 0.1) is 16.4 Å². The number of aromatic amines is 1. The van der Waals surface area contributed by atoms with Crippen LogP contribution >= 0.6 is 22.6 Å². The molecule has 0 spiro atoms. The van der Waals surface area contributed by atoms with Crippen LogP contribution in [-0.2, 0) is 6.42 Å². The second-order valence-electron chi connectivity index (χ2n) is 3.92. The van der Waals surface area contributed by atoms with E-state index in [9.17, 15) is 9.90 Å². The van der Waals surface area contributed by atoms with Gasteiger partial charge >= 0.3 is 0 Å². The number of hydrogen-bond donors (Lipinski definition) is 2. The molecule has 0 aliphatic heterocycles. The molecule has 0 bridgehead atoms. The van der Waals surface area contributed by atoms with Crippen LogP contribution in [0.15, 0.2) is 23.0 Å². The lowest BCUT2D eigenvalue weighted by molar-refractivity contribution is 0.373. The van der Waals surface area contributed by atoms with E-state index in [-0.39, 0.29) is 11.3 Å². The predicted octanol–water partition coefficient (Wildman–Crippen LogP) is 2.32. The monoisotopic (exact) mass is 372 g/mol. The van der Waals surface area contributed by atoms with Crippen molar-refractivity contribution in [2.24, 2.45) is 0 Å². The molecule has 2 N–H and O–H groups in total. The summed E-state index contributed by atoms with van der Waals surface area (Å²) in [5, 5.41) is 9.76. The zero-order chi connectivity index (χ0) is 14.0. The number of phenolic OH excluding ortho intramolecular Hbond substituents is 1. The van der Waals surface area contributed by atoms with Gasteiger partial charge in [-0.15, -0.1) is 0 Å². The lowest BCUT2D eigenvalue weighted by Gasteiger charge is -2.07. The van der Waals surface area contributed by atoms with E-state index < -0.39 is 0 Å². The van der Waals surface area contributed by atoms with Gasteiger partial charge in [-0.1, -0.05) is 6.92 Å². The van der Waals surface area contributed by atoms with Crippen LogP contribution in [0.3, 0.4) is 0 Å². The number of rotatable bonds is 3. The Morgan fingerprint density at radius 3 is 2.79 bits per heavy atom. The highest BCUT2D eigenvalue weighted by atomic mass is 127. The number of benzene rings is 1. The van der Waals surface area contributed by atoms with Crippen LogP contribution in [0.2, 0.25) is 0 Å². The highest BCUT2D eigenvalue weighted by Crippen LogP contribution is 2.29. The van der Waals surface area contributed by atoms with E-state index in [1.54, 1.807) is 12.1 Å². The number of halogens is 1. The predicted molar refractivity (Wildman–Crippen MR) is 80.6 cm³/mol. The molecule has 5 nitrogen and oxygen atoms in total. The van der Waals surface area contributed by atoms with Gasteiger partial charge in [-0.25, -0.2) is 4.98 Å². The number of hydrogen-bond acceptors (Lipinski definition) is 4. The lowest BCUT2D eigenvalue weighted by Crippen LogP contribution is -2.15. The smallest absolute Gasteiger partial charge is 0.264 e. The van der Waals surface area contributed by atoms with Crippen LogP contribution in [0.1, 0.15) is 12.6 Å². The van der Waals surface area contributed by atoms with Crippen molar-refractivity contribution in [2.45, 2.75) is 13.3 Å². The van der Waals surface area contributed by atoms with E-state index in [4.69, 9.17) is 4.74 Å². The van der Waals surface area contributed by atoms with Crippen molar-refractivity contribution in [1.29, 1.82) is 0 Å². The minimum absolute atomic E-state index is 0.0132. The molecule has 2 aromatic rings. The number of aromatic hydroxyl groups is 1. The van der Waals surface area contributed by atoms with Crippen molar-refractivity contribution in [3.63, 3.8) is 0 Å². The van der Waals surface area contributed by atoms with E-state index >= 15 is 0 Å². The number of aromatic nitrogens is 2. The van der Waals surface area contributed by atoms with Crippen LogP contribution in [0, 0.1) is 3.57 Å². The van der Waals surface area contributed by atoms with Gasteiger partial charge in [0.1, 0.15) is 5.82 Å². The Balaban J connectivity index is 2.56. The van der Waals surface area contributed by atoms with E-state index in [1.807, 2.05) is 29.5 Å². The first-order chi connectivity index (χ1) is 9.06. The second-order valence-corrected chi connectivity index (χ2v) is 4.99. The lowest BCUT2D eigenvalue weighted by atomic mass is 10.2. The van der Waals surface area contributed by atoms with Gasteiger partial charge in [0.15, 0.2) is 11.5 Å². The van der Waals surface area contributed by atoms with E-state index in [1.165, 1.54) is 13.2 Å². The molecule has 0 fully saturated rings. The summed E-state index contributed by atoms with van der Waals surface area (Å²) < 4.78 is 5.58. The fraction of sp³-hybridized carbons (Fsp3) is 0.231. The third-order valence-corrected chi connectivity index (χ3v) is 3.83. The van der Waals surface area contributed by atoms with Crippen molar-refractivity contribution in [3.05, 3.63) is 37.8 Å². The summed E-state index contributed by atoms with van der Waals surface area (Å²) in [6.07, 6.45) is 0.678.